The number of rotatable bonds is 1. The van der Waals surface area contributed by atoms with Crippen molar-refractivity contribution in [1.82, 2.24) is 0 Å². The molecular formula is C9H16. The van der Waals surface area contributed by atoms with E-state index in [1.54, 1.807) is 0 Å². The summed E-state index contributed by atoms with van der Waals surface area (Å²) in [6.45, 7) is 4.47. The van der Waals surface area contributed by atoms with Gasteiger partial charge in [-0.2, -0.15) is 0 Å². The second kappa shape index (κ2) is 3.05. The fourth-order valence-electron chi connectivity index (χ4n) is 1.71. The minimum absolute atomic E-state index is 0.898. The van der Waals surface area contributed by atoms with Gasteiger partial charge in [0.25, 0.3) is 0 Å². The van der Waals surface area contributed by atoms with Gasteiger partial charge in [0.1, 0.15) is 0 Å². The van der Waals surface area contributed by atoms with Crippen LogP contribution in [0.3, 0.4) is 0 Å². The van der Waals surface area contributed by atoms with Crippen molar-refractivity contribution in [3.05, 3.63) is 12.2 Å². The number of hydrogen-bond donors (Lipinski definition) is 0. The van der Waals surface area contributed by atoms with E-state index in [1.165, 1.54) is 19.3 Å². The normalized spacial score (nSPS) is 36.2. The van der Waals surface area contributed by atoms with E-state index >= 15 is 0 Å². The summed E-state index contributed by atoms with van der Waals surface area (Å²) >= 11 is 0. The van der Waals surface area contributed by atoms with Crippen molar-refractivity contribution in [3.8, 4) is 0 Å². The highest BCUT2D eigenvalue weighted by Crippen LogP contribution is 2.31. The van der Waals surface area contributed by atoms with Gasteiger partial charge in [0.15, 0.2) is 0 Å². The van der Waals surface area contributed by atoms with Crippen LogP contribution in [0.2, 0.25) is 0 Å². The van der Waals surface area contributed by atoms with E-state index in [9.17, 15) is 0 Å². The topological polar surface area (TPSA) is 0 Å². The fraction of sp³-hybridized carbons (Fsp3) is 0.778. The second-order valence-corrected chi connectivity index (χ2v) is 3.10. The Morgan fingerprint density at radius 1 is 1.33 bits per heavy atom. The summed E-state index contributed by atoms with van der Waals surface area (Å²) in [6, 6.07) is 0. The van der Waals surface area contributed by atoms with Crippen molar-refractivity contribution in [2.24, 2.45) is 11.8 Å². The van der Waals surface area contributed by atoms with Crippen LogP contribution in [0.1, 0.15) is 33.1 Å². The minimum atomic E-state index is 0.898. The Kier molecular flexibility index (Phi) is 2.32. The molecule has 0 heterocycles. The maximum atomic E-state index is 2.36. The van der Waals surface area contributed by atoms with Crippen LogP contribution in [-0.2, 0) is 0 Å². The summed E-state index contributed by atoms with van der Waals surface area (Å²) < 4.78 is 0. The van der Waals surface area contributed by atoms with Crippen molar-refractivity contribution in [3.63, 3.8) is 0 Å². The van der Waals surface area contributed by atoms with Crippen LogP contribution in [0.25, 0.3) is 0 Å². The molecular weight excluding hydrogens is 108 g/mol. The van der Waals surface area contributed by atoms with Crippen molar-refractivity contribution < 1.29 is 0 Å². The first-order valence-electron chi connectivity index (χ1n) is 3.97. The van der Waals surface area contributed by atoms with Crippen molar-refractivity contribution >= 4 is 0 Å². The Morgan fingerprint density at radius 3 is 2.56 bits per heavy atom. The van der Waals surface area contributed by atoms with E-state index in [0.717, 1.165) is 11.8 Å². The quantitative estimate of drug-likeness (QED) is 0.471. The zero-order valence-corrected chi connectivity index (χ0v) is 6.43. The molecule has 0 aliphatic heterocycles. The van der Waals surface area contributed by atoms with E-state index in [2.05, 4.69) is 26.0 Å². The molecule has 1 fully saturated rings. The lowest BCUT2D eigenvalue weighted by Gasteiger charge is -2.07. The van der Waals surface area contributed by atoms with Gasteiger partial charge in [0.2, 0.25) is 0 Å². The van der Waals surface area contributed by atoms with Gasteiger partial charge in [-0.3, -0.25) is 0 Å². The molecule has 0 aromatic heterocycles. The highest BCUT2D eigenvalue weighted by atomic mass is 14.2. The molecule has 1 saturated carbocycles. The summed E-state index contributed by atoms with van der Waals surface area (Å²) in [5.41, 5.74) is 0. The van der Waals surface area contributed by atoms with Gasteiger partial charge >= 0.3 is 0 Å². The molecule has 0 spiro atoms. The van der Waals surface area contributed by atoms with Crippen molar-refractivity contribution in [2.45, 2.75) is 33.1 Å². The molecule has 1 aliphatic carbocycles. The van der Waals surface area contributed by atoms with Crippen molar-refractivity contribution in [2.75, 3.05) is 0 Å². The Hall–Kier alpha value is -0.260. The molecule has 1 aliphatic rings. The summed E-state index contributed by atoms with van der Waals surface area (Å²) in [4.78, 5) is 0. The predicted octanol–water partition coefficient (Wildman–Crippen LogP) is 3.00. The van der Waals surface area contributed by atoms with Gasteiger partial charge in [-0.05, 0) is 25.2 Å². The Labute approximate surface area is 58.0 Å². The monoisotopic (exact) mass is 124 g/mol. The van der Waals surface area contributed by atoms with Crippen molar-refractivity contribution in [1.29, 1.82) is 0 Å². The van der Waals surface area contributed by atoms with Gasteiger partial charge in [-0.25, -0.2) is 0 Å². The highest BCUT2D eigenvalue weighted by molar-refractivity contribution is 4.91. The lowest BCUT2D eigenvalue weighted by molar-refractivity contribution is 0.503. The van der Waals surface area contributed by atoms with E-state index in [0.29, 0.717) is 0 Å². The third-order valence-corrected chi connectivity index (χ3v) is 2.37. The first kappa shape index (κ1) is 6.85. The van der Waals surface area contributed by atoms with Crippen LogP contribution in [0.5, 0.6) is 0 Å². The van der Waals surface area contributed by atoms with Gasteiger partial charge in [-0.1, -0.05) is 31.9 Å². The molecule has 2 atom stereocenters. The lowest BCUT2D eigenvalue weighted by Crippen LogP contribution is -1.98. The molecule has 0 amide bonds. The lowest BCUT2D eigenvalue weighted by atomic mass is 9.98. The molecule has 9 heavy (non-hydrogen) atoms. The average Bonchev–Trinajstić information content (AvgIpc) is 2.18. The Morgan fingerprint density at radius 2 is 2.11 bits per heavy atom. The Bertz CT molecular complexity index is 103. The summed E-state index contributed by atoms with van der Waals surface area (Å²) in [5.74, 6) is 1.84. The SMILES string of the molecule is C/C=C\C1CCCC1C. The molecule has 0 radical (unpaired) electrons. The van der Waals surface area contributed by atoms with Crippen LogP contribution in [0.4, 0.5) is 0 Å². The van der Waals surface area contributed by atoms with Crippen LogP contribution >= 0.6 is 0 Å². The van der Waals surface area contributed by atoms with Gasteiger partial charge in [0.05, 0.1) is 0 Å². The maximum absolute atomic E-state index is 2.36. The molecule has 2 unspecified atom stereocenters. The zero-order valence-electron chi connectivity index (χ0n) is 6.43. The standard InChI is InChI=1S/C9H16/c1-3-5-9-7-4-6-8(9)2/h3,5,8-9H,4,6-7H2,1-2H3/b5-3-. The largest absolute Gasteiger partial charge is 0.0914 e. The molecule has 0 bridgehead atoms. The van der Waals surface area contributed by atoms with E-state index in [4.69, 9.17) is 0 Å². The molecule has 52 valence electrons. The molecule has 1 rings (SSSR count). The first-order valence-corrected chi connectivity index (χ1v) is 3.97. The molecule has 0 N–H and O–H groups in total. The minimum Gasteiger partial charge on any atom is -0.0914 e. The van der Waals surface area contributed by atoms with E-state index in [1.807, 2.05) is 0 Å². The highest BCUT2D eigenvalue weighted by Gasteiger charge is 2.19. The van der Waals surface area contributed by atoms with Gasteiger partial charge < -0.3 is 0 Å². The fourth-order valence-corrected chi connectivity index (χ4v) is 1.71. The van der Waals surface area contributed by atoms with Crippen LogP contribution in [-0.4, -0.2) is 0 Å². The summed E-state index contributed by atoms with van der Waals surface area (Å²) in [5, 5.41) is 0. The van der Waals surface area contributed by atoms with Crippen LogP contribution < -0.4 is 0 Å². The maximum Gasteiger partial charge on any atom is -0.0208 e. The molecule has 0 aromatic rings. The van der Waals surface area contributed by atoms with E-state index in [-0.39, 0.29) is 0 Å². The predicted molar refractivity (Wildman–Crippen MR) is 41.3 cm³/mol. The summed E-state index contributed by atoms with van der Waals surface area (Å²) in [7, 11) is 0. The van der Waals surface area contributed by atoms with E-state index < -0.39 is 0 Å². The molecule has 0 heteroatoms. The smallest absolute Gasteiger partial charge is 0.0208 e. The van der Waals surface area contributed by atoms with Crippen LogP contribution in [0.15, 0.2) is 12.2 Å². The number of hydrogen-bond acceptors (Lipinski definition) is 0. The van der Waals surface area contributed by atoms with Crippen LogP contribution in [0, 0.1) is 11.8 Å². The second-order valence-electron chi connectivity index (χ2n) is 3.10. The average molecular weight is 124 g/mol. The van der Waals surface area contributed by atoms with Gasteiger partial charge in [0, 0.05) is 0 Å². The third-order valence-electron chi connectivity index (χ3n) is 2.37. The Balaban J connectivity index is 2.39. The first-order chi connectivity index (χ1) is 4.34. The molecule has 0 aromatic carbocycles. The third kappa shape index (κ3) is 1.57. The summed E-state index contributed by atoms with van der Waals surface area (Å²) in [6.07, 6.45) is 8.85. The number of allylic oxidation sites excluding steroid dienone is 2. The zero-order chi connectivity index (χ0) is 6.69. The molecule has 0 nitrogen and oxygen atoms in total. The van der Waals surface area contributed by atoms with Gasteiger partial charge in [-0.15, -0.1) is 0 Å². The molecule has 0 saturated heterocycles.